The fourth-order valence-electron chi connectivity index (χ4n) is 3.37. The average molecular weight is 436 g/mol. The maximum Gasteiger partial charge on any atom is 0.253 e. The smallest absolute Gasteiger partial charge is 0.253 e. The first-order valence-electron chi connectivity index (χ1n) is 9.48. The summed E-state index contributed by atoms with van der Waals surface area (Å²) >= 11 is 6.10. The lowest BCUT2D eigenvalue weighted by atomic mass is 10.1. The quantitative estimate of drug-likeness (QED) is 0.724. The van der Waals surface area contributed by atoms with Gasteiger partial charge in [0.15, 0.2) is 0 Å². The molecule has 0 spiro atoms. The van der Waals surface area contributed by atoms with Gasteiger partial charge in [0.25, 0.3) is 5.91 Å². The Kier molecular flexibility index (Phi) is 6.63. The minimum absolute atomic E-state index is 0.0175. The molecule has 1 fully saturated rings. The third-order valence-corrected chi connectivity index (χ3v) is 7.63. The van der Waals surface area contributed by atoms with Crippen molar-refractivity contribution in [2.24, 2.45) is 0 Å². The molecule has 1 amide bonds. The zero-order valence-corrected chi connectivity index (χ0v) is 18.5. The number of rotatable bonds is 5. The normalized spacial score (nSPS) is 15.7. The fraction of sp³-hybridized carbons (Fsp3) is 0.381. The number of piperazine rings is 1. The summed E-state index contributed by atoms with van der Waals surface area (Å²) in [6, 6.07) is 12.0. The minimum atomic E-state index is -3.70. The molecular weight excluding hydrogens is 410 g/mol. The monoisotopic (exact) mass is 435 g/mol. The molecule has 8 heteroatoms. The molecule has 2 aromatic rings. The topological polar surface area (TPSA) is 60.9 Å². The van der Waals surface area contributed by atoms with Gasteiger partial charge in [0, 0.05) is 50.4 Å². The molecule has 2 aromatic carbocycles. The van der Waals surface area contributed by atoms with E-state index in [0.717, 1.165) is 18.7 Å². The fourth-order valence-corrected chi connectivity index (χ4v) is 5.00. The minimum Gasteiger partial charge on any atom is -0.336 e. The number of amides is 1. The summed E-state index contributed by atoms with van der Waals surface area (Å²) in [7, 11) is -0.128. The van der Waals surface area contributed by atoms with Crippen LogP contribution in [0.15, 0.2) is 47.4 Å². The zero-order valence-electron chi connectivity index (χ0n) is 16.9. The number of hydrogen-bond donors (Lipinski definition) is 0. The van der Waals surface area contributed by atoms with Crippen molar-refractivity contribution in [3.8, 4) is 0 Å². The van der Waals surface area contributed by atoms with Gasteiger partial charge in [-0.25, -0.2) is 8.42 Å². The highest BCUT2D eigenvalue weighted by Gasteiger charge is 2.25. The Bertz CT molecular complexity index is 1000. The summed E-state index contributed by atoms with van der Waals surface area (Å²) in [4.78, 5) is 17.0. The number of nitrogens with zero attached hydrogens (tertiary/aromatic N) is 3. The highest BCUT2D eigenvalue weighted by molar-refractivity contribution is 7.89. The van der Waals surface area contributed by atoms with Crippen molar-refractivity contribution in [2.45, 2.75) is 18.4 Å². The van der Waals surface area contributed by atoms with Crippen LogP contribution in [-0.4, -0.2) is 68.7 Å². The van der Waals surface area contributed by atoms with Crippen LogP contribution in [0.4, 0.5) is 0 Å². The second-order valence-corrected chi connectivity index (χ2v) is 9.84. The molecule has 0 saturated carbocycles. The van der Waals surface area contributed by atoms with Gasteiger partial charge in [-0.15, -0.1) is 0 Å². The molecule has 0 atom stereocenters. The number of sulfonamides is 1. The molecule has 0 aliphatic carbocycles. The largest absolute Gasteiger partial charge is 0.336 e. The zero-order chi connectivity index (χ0) is 21.2. The number of benzene rings is 2. The molecule has 6 nitrogen and oxygen atoms in total. The summed E-state index contributed by atoms with van der Waals surface area (Å²) in [5, 5.41) is 0.416. The maximum atomic E-state index is 13.0. The van der Waals surface area contributed by atoms with Crippen molar-refractivity contribution in [1.29, 1.82) is 0 Å². The van der Waals surface area contributed by atoms with E-state index in [4.69, 9.17) is 11.6 Å². The molecule has 0 radical (unpaired) electrons. The highest BCUT2D eigenvalue weighted by atomic mass is 35.5. The molecule has 1 aliphatic rings. The third-order valence-electron chi connectivity index (χ3n) is 5.28. The number of hydrogen-bond acceptors (Lipinski definition) is 4. The van der Waals surface area contributed by atoms with E-state index in [0.29, 0.717) is 29.2 Å². The molecule has 1 aliphatic heterocycles. The van der Waals surface area contributed by atoms with Gasteiger partial charge in [0.2, 0.25) is 10.0 Å². The van der Waals surface area contributed by atoms with E-state index in [9.17, 15) is 13.2 Å². The Morgan fingerprint density at radius 3 is 2.45 bits per heavy atom. The molecule has 156 valence electrons. The van der Waals surface area contributed by atoms with Gasteiger partial charge < -0.3 is 9.80 Å². The molecule has 0 N–H and O–H groups in total. The van der Waals surface area contributed by atoms with Crippen molar-refractivity contribution < 1.29 is 13.2 Å². The molecule has 0 unspecified atom stereocenters. The highest BCUT2D eigenvalue weighted by Crippen LogP contribution is 2.26. The predicted molar refractivity (Wildman–Crippen MR) is 115 cm³/mol. The van der Waals surface area contributed by atoms with Crippen molar-refractivity contribution in [1.82, 2.24) is 14.1 Å². The van der Waals surface area contributed by atoms with Crippen LogP contribution in [0.1, 0.15) is 21.5 Å². The number of halogens is 1. The van der Waals surface area contributed by atoms with Crippen molar-refractivity contribution in [3.05, 3.63) is 64.2 Å². The van der Waals surface area contributed by atoms with Gasteiger partial charge in [-0.3, -0.25) is 4.79 Å². The van der Waals surface area contributed by atoms with Gasteiger partial charge in [0.05, 0.1) is 4.90 Å². The van der Waals surface area contributed by atoms with E-state index in [-0.39, 0.29) is 17.3 Å². The standard InChI is InChI=1S/C21H26ClN3O3S/c1-16-19(22)8-5-9-20(16)29(27,28)24(3)15-17-6-4-7-18(14-17)21(26)25-12-10-23(2)11-13-25/h4-9,14H,10-13,15H2,1-3H3. The van der Waals surface area contributed by atoms with Gasteiger partial charge in [-0.05, 0) is 49.4 Å². The van der Waals surface area contributed by atoms with Crippen LogP contribution in [0.5, 0.6) is 0 Å². The second-order valence-electron chi connectivity index (χ2n) is 7.42. The number of carbonyl (C=O) groups excluding carboxylic acids is 1. The molecule has 1 heterocycles. The van der Waals surface area contributed by atoms with Crippen LogP contribution < -0.4 is 0 Å². The van der Waals surface area contributed by atoms with E-state index < -0.39 is 10.0 Å². The SMILES string of the molecule is Cc1c(Cl)cccc1S(=O)(=O)N(C)Cc1cccc(C(=O)N2CCN(C)CC2)c1. The van der Waals surface area contributed by atoms with E-state index in [2.05, 4.69) is 4.90 Å². The molecule has 0 aromatic heterocycles. The lowest BCUT2D eigenvalue weighted by Crippen LogP contribution is -2.47. The molecule has 1 saturated heterocycles. The summed E-state index contributed by atoms with van der Waals surface area (Å²) in [5.41, 5.74) is 1.87. The van der Waals surface area contributed by atoms with Gasteiger partial charge in [-0.2, -0.15) is 4.31 Å². The van der Waals surface area contributed by atoms with Gasteiger partial charge >= 0.3 is 0 Å². The third kappa shape index (κ3) is 4.80. The van der Waals surface area contributed by atoms with E-state index >= 15 is 0 Å². The number of likely N-dealkylation sites (N-methyl/N-ethyl adjacent to an activating group) is 1. The van der Waals surface area contributed by atoms with Gasteiger partial charge in [0.1, 0.15) is 0 Å². The summed E-state index contributed by atoms with van der Waals surface area (Å²) in [6.45, 7) is 4.96. The van der Waals surface area contributed by atoms with Crippen molar-refractivity contribution in [3.63, 3.8) is 0 Å². The summed E-state index contributed by atoms with van der Waals surface area (Å²) in [5.74, 6) is -0.0175. The lowest BCUT2D eigenvalue weighted by Gasteiger charge is -2.32. The van der Waals surface area contributed by atoms with Crippen LogP contribution >= 0.6 is 11.6 Å². The van der Waals surface area contributed by atoms with Gasteiger partial charge in [-0.1, -0.05) is 29.8 Å². The van der Waals surface area contributed by atoms with Crippen LogP contribution in [0.25, 0.3) is 0 Å². The maximum absolute atomic E-state index is 13.0. The lowest BCUT2D eigenvalue weighted by molar-refractivity contribution is 0.0664. The Balaban J connectivity index is 1.77. The molecule has 3 rings (SSSR count). The Morgan fingerprint density at radius 1 is 1.10 bits per heavy atom. The van der Waals surface area contributed by atoms with Crippen molar-refractivity contribution in [2.75, 3.05) is 40.3 Å². The summed E-state index contributed by atoms with van der Waals surface area (Å²) in [6.07, 6.45) is 0. The Hall–Kier alpha value is -1.93. The van der Waals surface area contributed by atoms with E-state index in [1.807, 2.05) is 18.0 Å². The van der Waals surface area contributed by atoms with Crippen LogP contribution in [0.3, 0.4) is 0 Å². The first-order chi connectivity index (χ1) is 13.7. The van der Waals surface area contributed by atoms with Crippen molar-refractivity contribution >= 4 is 27.5 Å². The molecule has 29 heavy (non-hydrogen) atoms. The first-order valence-corrected chi connectivity index (χ1v) is 11.3. The average Bonchev–Trinajstić information content (AvgIpc) is 2.70. The molecular formula is C21H26ClN3O3S. The van der Waals surface area contributed by atoms with Crippen LogP contribution in [0.2, 0.25) is 5.02 Å². The van der Waals surface area contributed by atoms with Crippen LogP contribution in [-0.2, 0) is 16.6 Å². The second kappa shape index (κ2) is 8.83. The first kappa shape index (κ1) is 21.8. The Morgan fingerprint density at radius 2 is 1.76 bits per heavy atom. The van der Waals surface area contributed by atoms with E-state index in [1.165, 1.54) is 11.4 Å². The molecule has 0 bridgehead atoms. The predicted octanol–water partition coefficient (Wildman–Crippen LogP) is 2.86. The van der Waals surface area contributed by atoms with Crippen LogP contribution in [0, 0.1) is 6.92 Å². The number of carbonyl (C=O) groups is 1. The van der Waals surface area contributed by atoms with E-state index in [1.54, 1.807) is 43.3 Å². The summed E-state index contributed by atoms with van der Waals surface area (Å²) < 4.78 is 27.3. The Labute approximate surface area is 177 Å².